The molecule has 0 aromatic carbocycles. The minimum atomic E-state index is -0.348. The quantitative estimate of drug-likeness (QED) is 0.587. The van der Waals surface area contributed by atoms with Crippen molar-refractivity contribution in [3.63, 3.8) is 0 Å². The topological polar surface area (TPSA) is 38.7 Å². The summed E-state index contributed by atoms with van der Waals surface area (Å²) in [4.78, 5) is 0. The third-order valence-electron chi connectivity index (χ3n) is 1.89. The monoisotopic (exact) mass is 236 g/mol. The average molecular weight is 236 g/mol. The second kappa shape index (κ2) is 10.7. The fourth-order valence-corrected chi connectivity index (χ4v) is 2.12. The molecule has 1 atom stereocenters. The number of rotatable bonds is 10. The third kappa shape index (κ3) is 12.2. The lowest BCUT2D eigenvalue weighted by molar-refractivity contribution is 0.0218. The first kappa shape index (κ1) is 15.2. The molecular formula is C11H24O3S. The maximum atomic E-state index is 9.53. The lowest BCUT2D eigenvalue weighted by Gasteiger charge is -2.11. The summed E-state index contributed by atoms with van der Waals surface area (Å²) in [7, 11) is 1.64. The van der Waals surface area contributed by atoms with Crippen LogP contribution in [0.25, 0.3) is 0 Å². The highest BCUT2D eigenvalue weighted by Crippen LogP contribution is 2.09. The Bertz CT molecular complexity index is 131. The predicted molar refractivity (Wildman–Crippen MR) is 65.5 cm³/mol. The molecule has 0 bridgehead atoms. The molecule has 0 saturated heterocycles. The van der Waals surface area contributed by atoms with E-state index in [1.165, 1.54) is 6.42 Å². The summed E-state index contributed by atoms with van der Waals surface area (Å²) in [5.41, 5.74) is 0. The Morgan fingerprint density at radius 2 is 2.00 bits per heavy atom. The van der Waals surface area contributed by atoms with Gasteiger partial charge in [-0.1, -0.05) is 13.8 Å². The number of ether oxygens (including phenoxy) is 2. The van der Waals surface area contributed by atoms with Crippen molar-refractivity contribution < 1.29 is 14.6 Å². The molecule has 0 heterocycles. The second-order valence-corrected chi connectivity index (χ2v) is 5.13. The van der Waals surface area contributed by atoms with Gasteiger partial charge in [0.15, 0.2) is 0 Å². The third-order valence-corrected chi connectivity index (χ3v) is 3.04. The molecule has 0 aliphatic rings. The second-order valence-electron chi connectivity index (χ2n) is 3.98. The molecule has 0 spiro atoms. The summed E-state index contributed by atoms with van der Waals surface area (Å²) in [6, 6.07) is 0. The molecule has 0 saturated carbocycles. The molecular weight excluding hydrogens is 212 g/mol. The summed E-state index contributed by atoms with van der Waals surface area (Å²) in [5.74, 6) is 2.62. The Morgan fingerprint density at radius 3 is 2.60 bits per heavy atom. The van der Waals surface area contributed by atoms with Gasteiger partial charge in [0.2, 0.25) is 0 Å². The zero-order valence-electron chi connectivity index (χ0n) is 10.1. The van der Waals surface area contributed by atoms with E-state index < -0.39 is 0 Å². The highest BCUT2D eigenvalue weighted by Gasteiger charge is 2.04. The molecule has 0 radical (unpaired) electrons. The molecule has 4 heteroatoms. The van der Waals surface area contributed by atoms with Crippen LogP contribution in [0.15, 0.2) is 0 Å². The van der Waals surface area contributed by atoms with Crippen LogP contribution in [0.2, 0.25) is 0 Å². The maximum absolute atomic E-state index is 9.53. The lowest BCUT2D eigenvalue weighted by Crippen LogP contribution is -2.19. The summed E-state index contributed by atoms with van der Waals surface area (Å²) in [6.45, 7) is 5.99. The minimum absolute atomic E-state index is 0.348. The van der Waals surface area contributed by atoms with E-state index in [0.717, 1.165) is 17.4 Å². The van der Waals surface area contributed by atoms with Crippen LogP contribution in [0.4, 0.5) is 0 Å². The highest BCUT2D eigenvalue weighted by molar-refractivity contribution is 7.99. The minimum Gasteiger partial charge on any atom is -0.390 e. The predicted octanol–water partition coefficient (Wildman–Crippen LogP) is 1.79. The van der Waals surface area contributed by atoms with Crippen molar-refractivity contribution in [3.05, 3.63) is 0 Å². The van der Waals surface area contributed by atoms with Crippen LogP contribution in [0.5, 0.6) is 0 Å². The van der Waals surface area contributed by atoms with Gasteiger partial charge in [-0.25, -0.2) is 0 Å². The van der Waals surface area contributed by atoms with Gasteiger partial charge in [0.25, 0.3) is 0 Å². The summed E-state index contributed by atoms with van der Waals surface area (Å²) in [5, 5.41) is 9.53. The van der Waals surface area contributed by atoms with Gasteiger partial charge in [0.05, 0.1) is 25.9 Å². The van der Waals surface area contributed by atoms with Crippen LogP contribution in [0, 0.1) is 5.92 Å². The van der Waals surface area contributed by atoms with E-state index in [1.807, 2.05) is 0 Å². The lowest BCUT2D eigenvalue weighted by atomic mass is 10.2. The highest BCUT2D eigenvalue weighted by atomic mass is 32.2. The Kier molecular flexibility index (Phi) is 10.9. The number of aliphatic hydroxyl groups is 1. The molecule has 3 nitrogen and oxygen atoms in total. The van der Waals surface area contributed by atoms with Crippen LogP contribution >= 0.6 is 11.8 Å². The van der Waals surface area contributed by atoms with Crippen molar-refractivity contribution in [2.45, 2.75) is 26.4 Å². The summed E-state index contributed by atoms with van der Waals surface area (Å²) >= 11 is 1.79. The van der Waals surface area contributed by atoms with Crippen molar-refractivity contribution in [1.82, 2.24) is 0 Å². The summed E-state index contributed by atoms with van der Waals surface area (Å²) < 4.78 is 10.1. The van der Waals surface area contributed by atoms with E-state index in [2.05, 4.69) is 13.8 Å². The Balaban J connectivity index is 3.15. The zero-order valence-corrected chi connectivity index (χ0v) is 10.9. The number of thioether (sulfide) groups is 1. The first-order valence-corrected chi connectivity index (χ1v) is 6.64. The van der Waals surface area contributed by atoms with Crippen LogP contribution in [-0.2, 0) is 9.47 Å². The average Bonchev–Trinajstić information content (AvgIpc) is 2.19. The van der Waals surface area contributed by atoms with Gasteiger partial charge in [-0.15, -0.1) is 0 Å². The van der Waals surface area contributed by atoms with Crippen molar-refractivity contribution in [1.29, 1.82) is 0 Å². The number of methoxy groups -OCH3 is 1. The van der Waals surface area contributed by atoms with Gasteiger partial charge in [-0.2, -0.15) is 11.8 Å². The van der Waals surface area contributed by atoms with Crippen LogP contribution in [0.3, 0.4) is 0 Å². The molecule has 0 aromatic heterocycles. The largest absolute Gasteiger partial charge is 0.390 e. The Labute approximate surface area is 97.5 Å². The first-order valence-electron chi connectivity index (χ1n) is 5.49. The SMILES string of the molecule is COCCOCC(O)CSCCC(C)C. The van der Waals surface area contributed by atoms with Gasteiger partial charge < -0.3 is 14.6 Å². The van der Waals surface area contributed by atoms with E-state index in [1.54, 1.807) is 18.9 Å². The van der Waals surface area contributed by atoms with Gasteiger partial charge in [-0.3, -0.25) is 0 Å². The Morgan fingerprint density at radius 1 is 1.27 bits per heavy atom. The van der Waals surface area contributed by atoms with E-state index in [0.29, 0.717) is 19.8 Å². The molecule has 1 N–H and O–H groups in total. The fourth-order valence-electron chi connectivity index (χ4n) is 0.948. The molecule has 0 aliphatic carbocycles. The number of hydrogen-bond acceptors (Lipinski definition) is 4. The van der Waals surface area contributed by atoms with Gasteiger partial charge in [0, 0.05) is 12.9 Å². The standard InChI is InChI=1S/C11H24O3S/c1-10(2)4-7-15-9-11(12)8-14-6-5-13-3/h10-12H,4-9H2,1-3H3. The van der Waals surface area contributed by atoms with Gasteiger partial charge >= 0.3 is 0 Å². The van der Waals surface area contributed by atoms with E-state index in [-0.39, 0.29) is 6.10 Å². The Hall–Kier alpha value is 0.230. The van der Waals surface area contributed by atoms with E-state index in [9.17, 15) is 5.11 Å². The number of hydrogen-bond donors (Lipinski definition) is 1. The molecule has 0 amide bonds. The van der Waals surface area contributed by atoms with E-state index >= 15 is 0 Å². The van der Waals surface area contributed by atoms with Crippen molar-refractivity contribution >= 4 is 11.8 Å². The molecule has 0 rings (SSSR count). The van der Waals surface area contributed by atoms with Gasteiger partial charge in [0.1, 0.15) is 0 Å². The maximum Gasteiger partial charge on any atom is 0.0863 e. The molecule has 92 valence electrons. The van der Waals surface area contributed by atoms with Crippen molar-refractivity contribution in [3.8, 4) is 0 Å². The normalized spacial score (nSPS) is 13.4. The molecule has 15 heavy (non-hydrogen) atoms. The van der Waals surface area contributed by atoms with Crippen LogP contribution < -0.4 is 0 Å². The van der Waals surface area contributed by atoms with Crippen molar-refractivity contribution in [2.24, 2.45) is 5.92 Å². The fraction of sp³-hybridized carbons (Fsp3) is 1.00. The molecule has 1 unspecified atom stereocenters. The van der Waals surface area contributed by atoms with Crippen molar-refractivity contribution in [2.75, 3.05) is 38.4 Å². The first-order chi connectivity index (χ1) is 7.16. The smallest absolute Gasteiger partial charge is 0.0863 e. The number of aliphatic hydroxyl groups excluding tert-OH is 1. The molecule has 0 aliphatic heterocycles. The van der Waals surface area contributed by atoms with E-state index in [4.69, 9.17) is 9.47 Å². The molecule has 0 aromatic rings. The zero-order chi connectivity index (χ0) is 11.5. The molecule has 0 fully saturated rings. The van der Waals surface area contributed by atoms with Crippen LogP contribution in [-0.4, -0.2) is 49.6 Å². The summed E-state index contributed by atoms with van der Waals surface area (Å²) in [6.07, 6.45) is 0.862. The van der Waals surface area contributed by atoms with Gasteiger partial charge in [-0.05, 0) is 18.1 Å². The van der Waals surface area contributed by atoms with Crippen LogP contribution in [0.1, 0.15) is 20.3 Å².